The summed E-state index contributed by atoms with van der Waals surface area (Å²) < 4.78 is 11.7. The maximum absolute atomic E-state index is 11.7. The molecular formula is C16H14BrCl2NO3. The van der Waals surface area contributed by atoms with Gasteiger partial charge in [-0.3, -0.25) is 4.79 Å². The van der Waals surface area contributed by atoms with E-state index in [-0.39, 0.29) is 12.5 Å². The van der Waals surface area contributed by atoms with E-state index in [0.29, 0.717) is 34.7 Å². The Bertz CT molecular complexity index is 682. The second-order valence-electron chi connectivity index (χ2n) is 4.49. The smallest absolute Gasteiger partial charge is 0.258 e. The lowest BCUT2D eigenvalue weighted by molar-refractivity contribution is -0.123. The quantitative estimate of drug-likeness (QED) is 0.680. The molecule has 0 aliphatic rings. The zero-order valence-electron chi connectivity index (χ0n) is 12.0. The Morgan fingerprint density at radius 2 is 1.78 bits per heavy atom. The van der Waals surface area contributed by atoms with Crippen LogP contribution in [0.4, 0.5) is 0 Å². The van der Waals surface area contributed by atoms with Crippen LogP contribution in [0.25, 0.3) is 0 Å². The largest absolute Gasteiger partial charge is 0.490 e. The molecule has 0 unspecified atom stereocenters. The van der Waals surface area contributed by atoms with E-state index in [2.05, 4.69) is 21.2 Å². The van der Waals surface area contributed by atoms with E-state index in [1.807, 2.05) is 12.1 Å². The van der Waals surface area contributed by atoms with Crippen LogP contribution in [0.1, 0.15) is 0 Å². The highest BCUT2D eigenvalue weighted by atomic mass is 79.9. The van der Waals surface area contributed by atoms with Crippen molar-refractivity contribution in [2.45, 2.75) is 0 Å². The number of carbonyl (C=O) groups excluding carboxylic acids is 1. The summed E-state index contributed by atoms with van der Waals surface area (Å²) in [5.41, 5.74) is 0. The molecule has 0 aliphatic carbocycles. The number of hydrogen-bond donors (Lipinski definition) is 1. The van der Waals surface area contributed by atoms with Gasteiger partial charge in [-0.1, -0.05) is 51.3 Å². The number of nitrogens with one attached hydrogen (secondary N) is 1. The van der Waals surface area contributed by atoms with E-state index < -0.39 is 0 Å². The van der Waals surface area contributed by atoms with Crippen LogP contribution in [0.3, 0.4) is 0 Å². The molecule has 23 heavy (non-hydrogen) atoms. The molecule has 122 valence electrons. The first kappa shape index (κ1) is 17.9. The van der Waals surface area contributed by atoms with Crippen molar-refractivity contribution >= 4 is 45.0 Å². The number of hydrogen-bond acceptors (Lipinski definition) is 3. The van der Waals surface area contributed by atoms with Gasteiger partial charge in [0.05, 0.1) is 16.6 Å². The Morgan fingerprint density at radius 1 is 1.04 bits per heavy atom. The Balaban J connectivity index is 1.68. The first-order valence-corrected chi connectivity index (χ1v) is 8.33. The Labute approximate surface area is 152 Å². The van der Waals surface area contributed by atoms with E-state index in [9.17, 15) is 4.79 Å². The number of benzene rings is 2. The Morgan fingerprint density at radius 3 is 2.52 bits per heavy atom. The molecule has 0 aromatic heterocycles. The van der Waals surface area contributed by atoms with Gasteiger partial charge in [-0.25, -0.2) is 0 Å². The highest BCUT2D eigenvalue weighted by Crippen LogP contribution is 2.27. The minimum atomic E-state index is -0.258. The predicted molar refractivity (Wildman–Crippen MR) is 94.6 cm³/mol. The number of para-hydroxylation sites is 1. The van der Waals surface area contributed by atoms with E-state index >= 15 is 0 Å². The minimum absolute atomic E-state index is 0.118. The van der Waals surface area contributed by atoms with Crippen LogP contribution in [0.15, 0.2) is 46.9 Å². The molecule has 0 spiro atoms. The van der Waals surface area contributed by atoms with Gasteiger partial charge in [-0.05, 0) is 30.3 Å². The van der Waals surface area contributed by atoms with Gasteiger partial charge in [0.25, 0.3) is 5.91 Å². The fourth-order valence-corrected chi connectivity index (χ4v) is 2.62. The number of rotatable bonds is 7. The Kier molecular flexibility index (Phi) is 7.02. The number of carbonyl (C=O) groups is 1. The van der Waals surface area contributed by atoms with Crippen LogP contribution in [0.5, 0.6) is 11.5 Å². The van der Waals surface area contributed by atoms with Gasteiger partial charge in [0, 0.05) is 4.47 Å². The van der Waals surface area contributed by atoms with Crippen molar-refractivity contribution in [2.75, 3.05) is 19.8 Å². The molecule has 0 aliphatic heterocycles. The highest BCUT2D eigenvalue weighted by Gasteiger charge is 2.06. The molecule has 0 heterocycles. The van der Waals surface area contributed by atoms with Crippen molar-refractivity contribution in [3.63, 3.8) is 0 Å². The Hall–Kier alpha value is -1.43. The summed E-state index contributed by atoms with van der Waals surface area (Å²) in [5, 5.41) is 3.66. The maximum atomic E-state index is 11.7. The van der Waals surface area contributed by atoms with Crippen molar-refractivity contribution < 1.29 is 14.3 Å². The summed E-state index contributed by atoms with van der Waals surface area (Å²) >= 11 is 15.3. The van der Waals surface area contributed by atoms with Crippen molar-refractivity contribution in [2.24, 2.45) is 0 Å². The van der Waals surface area contributed by atoms with Crippen molar-refractivity contribution in [1.29, 1.82) is 0 Å². The summed E-state index contributed by atoms with van der Waals surface area (Å²) in [4.78, 5) is 11.7. The number of ether oxygens (including phenoxy) is 2. The molecule has 1 amide bonds. The fourth-order valence-electron chi connectivity index (χ4n) is 1.70. The zero-order chi connectivity index (χ0) is 16.7. The highest BCUT2D eigenvalue weighted by molar-refractivity contribution is 9.10. The predicted octanol–water partition coefficient (Wildman–Crippen LogP) is 4.33. The van der Waals surface area contributed by atoms with E-state index in [1.54, 1.807) is 30.3 Å². The third-order valence-electron chi connectivity index (χ3n) is 2.77. The molecule has 1 N–H and O–H groups in total. The van der Waals surface area contributed by atoms with Gasteiger partial charge in [0.2, 0.25) is 0 Å². The van der Waals surface area contributed by atoms with E-state index in [1.165, 1.54) is 0 Å². The third-order valence-corrected chi connectivity index (χ3v) is 3.87. The third kappa shape index (κ3) is 5.94. The molecule has 2 aromatic rings. The normalized spacial score (nSPS) is 10.2. The summed E-state index contributed by atoms with van der Waals surface area (Å²) in [6.45, 7) is 0.545. The second-order valence-corrected chi connectivity index (χ2v) is 6.22. The zero-order valence-corrected chi connectivity index (χ0v) is 15.1. The molecule has 2 rings (SSSR count). The monoisotopic (exact) mass is 417 g/mol. The molecule has 0 atom stereocenters. The maximum Gasteiger partial charge on any atom is 0.258 e. The molecule has 0 saturated heterocycles. The minimum Gasteiger partial charge on any atom is -0.490 e. The van der Waals surface area contributed by atoms with Crippen LogP contribution in [-0.4, -0.2) is 25.7 Å². The molecule has 0 bridgehead atoms. The van der Waals surface area contributed by atoms with Gasteiger partial charge in [-0.2, -0.15) is 0 Å². The van der Waals surface area contributed by atoms with Crippen LogP contribution in [0.2, 0.25) is 10.0 Å². The van der Waals surface area contributed by atoms with Gasteiger partial charge in [0.1, 0.15) is 18.1 Å². The lowest BCUT2D eigenvalue weighted by atomic mass is 10.3. The summed E-state index contributed by atoms with van der Waals surface area (Å²) in [7, 11) is 0. The lowest BCUT2D eigenvalue weighted by Gasteiger charge is -2.10. The topological polar surface area (TPSA) is 47.6 Å². The molecule has 0 fully saturated rings. The van der Waals surface area contributed by atoms with Crippen LogP contribution < -0.4 is 14.8 Å². The van der Waals surface area contributed by atoms with Crippen molar-refractivity contribution in [3.05, 3.63) is 57.0 Å². The first-order valence-electron chi connectivity index (χ1n) is 6.78. The van der Waals surface area contributed by atoms with E-state index in [4.69, 9.17) is 32.7 Å². The first-order chi connectivity index (χ1) is 11.1. The number of amides is 1. The molecule has 0 saturated carbocycles. The summed E-state index contributed by atoms with van der Waals surface area (Å²) in [6.07, 6.45) is 0. The average molecular weight is 419 g/mol. The van der Waals surface area contributed by atoms with Gasteiger partial charge in [-0.15, -0.1) is 0 Å². The van der Waals surface area contributed by atoms with E-state index in [0.717, 1.165) is 4.47 Å². The van der Waals surface area contributed by atoms with Crippen LogP contribution in [0, 0.1) is 0 Å². The summed E-state index contributed by atoms with van der Waals surface area (Å²) in [5.74, 6) is 0.783. The van der Waals surface area contributed by atoms with Crippen LogP contribution >= 0.6 is 39.1 Å². The standard InChI is InChI=1S/C16H14BrCl2NO3/c17-11-5-6-15(13(19)9-11)23-10-16(21)20-7-8-22-14-4-2-1-3-12(14)18/h1-6,9H,7-8,10H2,(H,20,21). The average Bonchev–Trinajstić information content (AvgIpc) is 2.52. The van der Waals surface area contributed by atoms with Gasteiger partial charge >= 0.3 is 0 Å². The molecular weight excluding hydrogens is 405 g/mol. The second kappa shape index (κ2) is 9.01. The van der Waals surface area contributed by atoms with Crippen molar-refractivity contribution in [1.82, 2.24) is 5.32 Å². The van der Waals surface area contributed by atoms with Gasteiger partial charge in [0.15, 0.2) is 6.61 Å². The molecule has 4 nitrogen and oxygen atoms in total. The molecule has 2 aromatic carbocycles. The number of halogens is 3. The van der Waals surface area contributed by atoms with Crippen LogP contribution in [-0.2, 0) is 4.79 Å². The SMILES string of the molecule is O=C(COc1ccc(Br)cc1Cl)NCCOc1ccccc1Cl. The lowest BCUT2D eigenvalue weighted by Crippen LogP contribution is -2.32. The van der Waals surface area contributed by atoms with Gasteiger partial charge < -0.3 is 14.8 Å². The summed E-state index contributed by atoms with van der Waals surface area (Å²) in [6, 6.07) is 12.3. The molecule has 7 heteroatoms. The van der Waals surface area contributed by atoms with Crippen molar-refractivity contribution in [3.8, 4) is 11.5 Å². The fraction of sp³-hybridized carbons (Fsp3) is 0.188. The molecule has 0 radical (unpaired) electrons.